The highest BCUT2D eigenvalue weighted by Crippen LogP contribution is 2.44. The third-order valence-electron chi connectivity index (χ3n) is 5.01. The summed E-state index contributed by atoms with van der Waals surface area (Å²) in [6.07, 6.45) is -0.473. The number of ether oxygens (including phenoxy) is 1. The van der Waals surface area contributed by atoms with E-state index in [0.717, 1.165) is 17.1 Å². The van der Waals surface area contributed by atoms with Crippen LogP contribution in [0.5, 0.6) is 5.75 Å². The first kappa shape index (κ1) is 19.4. The molecule has 1 aromatic heterocycles. The van der Waals surface area contributed by atoms with Crippen molar-refractivity contribution in [3.63, 3.8) is 0 Å². The lowest BCUT2D eigenvalue weighted by atomic mass is 9.98. The van der Waals surface area contributed by atoms with Crippen LogP contribution in [0, 0.1) is 0 Å². The van der Waals surface area contributed by atoms with Crippen molar-refractivity contribution in [2.45, 2.75) is 38.4 Å². The third-order valence-corrected chi connectivity index (χ3v) is 5.25. The Hall–Kier alpha value is -2.90. The first-order valence-electron chi connectivity index (χ1n) is 9.38. The molecular weight excluding hydrogens is 394 g/mol. The predicted octanol–water partition coefficient (Wildman–Crippen LogP) is 4.21. The smallest absolute Gasteiger partial charge is 0.303 e. The number of phenolic OH excluding ortho intramolecular Hbond substituents is 1. The molecule has 7 nitrogen and oxygen atoms in total. The number of benzene rings is 2. The maximum Gasteiger partial charge on any atom is 0.303 e. The molecule has 2 unspecified atom stereocenters. The molecule has 0 amide bonds. The summed E-state index contributed by atoms with van der Waals surface area (Å²) in [5.74, 6) is 0.461. The van der Waals surface area contributed by atoms with Crippen LogP contribution in [0.15, 0.2) is 42.5 Å². The van der Waals surface area contributed by atoms with Crippen LogP contribution in [-0.2, 0) is 16.0 Å². The van der Waals surface area contributed by atoms with Gasteiger partial charge in [0.25, 0.3) is 0 Å². The Balaban J connectivity index is 1.94. The van der Waals surface area contributed by atoms with E-state index in [-0.39, 0.29) is 18.6 Å². The van der Waals surface area contributed by atoms with Crippen LogP contribution in [0.4, 0.5) is 0 Å². The second-order valence-electron chi connectivity index (χ2n) is 6.86. The number of aliphatic carboxylic acids is 1. The Labute approximate surface area is 172 Å². The number of carboxylic acid groups (broad SMARTS) is 1. The number of carbonyl (C=O) groups is 1. The summed E-state index contributed by atoms with van der Waals surface area (Å²) in [6, 6.07) is 12.4. The molecule has 1 aliphatic heterocycles. The van der Waals surface area contributed by atoms with E-state index < -0.39 is 18.2 Å². The minimum atomic E-state index is -0.917. The molecule has 0 fully saturated rings. The highest BCUT2D eigenvalue weighted by molar-refractivity contribution is 6.30. The van der Waals surface area contributed by atoms with Gasteiger partial charge in [-0.05, 0) is 30.7 Å². The van der Waals surface area contributed by atoms with Crippen molar-refractivity contribution in [1.82, 2.24) is 14.8 Å². The standard InChI is InChI=1S/C21H20ClN3O4/c1-2-18-23-24-21-17(9-10-19(27)28)29-20(13-5-3-4-6-16(13)26)14-11-12(22)7-8-15(14)25(18)21/h3-8,11,17,20,26H,2,9-10H2,1H3,(H,27,28). The number of hydrogen-bond acceptors (Lipinski definition) is 5. The number of carboxylic acids is 1. The fraction of sp³-hybridized carbons (Fsp3) is 0.286. The van der Waals surface area contributed by atoms with Gasteiger partial charge in [-0.3, -0.25) is 9.36 Å². The van der Waals surface area contributed by atoms with E-state index in [2.05, 4.69) is 10.2 Å². The minimum absolute atomic E-state index is 0.0798. The lowest BCUT2D eigenvalue weighted by Crippen LogP contribution is -2.13. The molecule has 2 N–H and O–H groups in total. The number of aromatic nitrogens is 3. The number of aryl methyl sites for hydroxylation is 1. The molecule has 0 saturated carbocycles. The zero-order chi connectivity index (χ0) is 20.5. The van der Waals surface area contributed by atoms with Crippen LogP contribution in [0.1, 0.15) is 54.7 Å². The second kappa shape index (κ2) is 7.85. The fourth-order valence-corrected chi connectivity index (χ4v) is 3.85. The monoisotopic (exact) mass is 413 g/mol. The molecule has 1 aliphatic rings. The summed E-state index contributed by atoms with van der Waals surface area (Å²) < 4.78 is 8.30. The molecule has 29 heavy (non-hydrogen) atoms. The maximum atomic E-state index is 11.2. The molecule has 0 saturated heterocycles. The fourth-order valence-electron chi connectivity index (χ4n) is 3.67. The van der Waals surface area contributed by atoms with Crippen molar-refractivity contribution in [2.75, 3.05) is 0 Å². The zero-order valence-corrected chi connectivity index (χ0v) is 16.5. The van der Waals surface area contributed by atoms with Crippen LogP contribution in [0.25, 0.3) is 5.69 Å². The summed E-state index contributed by atoms with van der Waals surface area (Å²) in [4.78, 5) is 11.2. The minimum Gasteiger partial charge on any atom is -0.508 e. The highest BCUT2D eigenvalue weighted by Gasteiger charge is 2.34. The van der Waals surface area contributed by atoms with Gasteiger partial charge in [0.15, 0.2) is 5.82 Å². The quantitative estimate of drug-likeness (QED) is 0.650. The van der Waals surface area contributed by atoms with Gasteiger partial charge in [0.05, 0.1) is 5.69 Å². The highest BCUT2D eigenvalue weighted by atomic mass is 35.5. The van der Waals surface area contributed by atoms with Gasteiger partial charge in [-0.2, -0.15) is 0 Å². The molecule has 2 aromatic carbocycles. The summed E-state index contributed by atoms with van der Waals surface area (Å²) in [7, 11) is 0. The van der Waals surface area contributed by atoms with Crippen LogP contribution >= 0.6 is 11.6 Å². The molecule has 2 heterocycles. The summed E-state index contributed by atoms with van der Waals surface area (Å²) >= 11 is 6.30. The van der Waals surface area contributed by atoms with Gasteiger partial charge in [-0.15, -0.1) is 10.2 Å². The number of hydrogen-bond donors (Lipinski definition) is 2. The second-order valence-corrected chi connectivity index (χ2v) is 7.30. The third kappa shape index (κ3) is 3.59. The van der Waals surface area contributed by atoms with E-state index in [1.807, 2.05) is 23.6 Å². The number of halogens is 1. The molecule has 3 aromatic rings. The van der Waals surface area contributed by atoms with Crippen LogP contribution < -0.4 is 0 Å². The van der Waals surface area contributed by atoms with Crippen LogP contribution in [0.3, 0.4) is 0 Å². The summed E-state index contributed by atoms with van der Waals surface area (Å²) in [6.45, 7) is 1.98. The average Bonchev–Trinajstić information content (AvgIpc) is 3.07. The Bertz CT molecular complexity index is 1070. The van der Waals surface area contributed by atoms with E-state index in [1.54, 1.807) is 30.3 Å². The number of fused-ring (bicyclic) bond motifs is 3. The number of nitrogens with zero attached hydrogens (tertiary/aromatic N) is 3. The molecule has 0 spiro atoms. The van der Waals surface area contributed by atoms with Gasteiger partial charge in [0, 0.05) is 29.0 Å². The van der Waals surface area contributed by atoms with Crippen LogP contribution in [-0.4, -0.2) is 30.9 Å². The lowest BCUT2D eigenvalue weighted by Gasteiger charge is -2.23. The van der Waals surface area contributed by atoms with Crippen LogP contribution in [0.2, 0.25) is 5.02 Å². The predicted molar refractivity (Wildman–Crippen MR) is 106 cm³/mol. The molecule has 4 rings (SSSR count). The van der Waals surface area contributed by atoms with E-state index >= 15 is 0 Å². The van der Waals surface area contributed by atoms with E-state index in [0.29, 0.717) is 22.8 Å². The Morgan fingerprint density at radius 3 is 2.72 bits per heavy atom. The molecule has 2 atom stereocenters. The van der Waals surface area contributed by atoms with Gasteiger partial charge in [0.2, 0.25) is 0 Å². The molecular formula is C21H20ClN3O4. The number of phenols is 1. The van der Waals surface area contributed by atoms with Gasteiger partial charge < -0.3 is 14.9 Å². The number of rotatable bonds is 5. The summed E-state index contributed by atoms with van der Waals surface area (Å²) in [5, 5.41) is 28.8. The van der Waals surface area contributed by atoms with Gasteiger partial charge in [0.1, 0.15) is 23.8 Å². The maximum absolute atomic E-state index is 11.2. The van der Waals surface area contributed by atoms with E-state index in [1.165, 1.54) is 0 Å². The van der Waals surface area contributed by atoms with Crippen molar-refractivity contribution in [1.29, 1.82) is 0 Å². The Kier molecular flexibility index (Phi) is 5.25. The lowest BCUT2D eigenvalue weighted by molar-refractivity contribution is -0.138. The average molecular weight is 414 g/mol. The SMILES string of the molecule is CCc1nnc2n1-c1ccc(Cl)cc1C(c1ccccc1O)OC2CCC(=O)O. The molecule has 0 aliphatic carbocycles. The van der Waals surface area contributed by atoms with Crippen molar-refractivity contribution in [2.24, 2.45) is 0 Å². The Morgan fingerprint density at radius 1 is 1.21 bits per heavy atom. The number of aromatic hydroxyl groups is 1. The topological polar surface area (TPSA) is 97.5 Å². The first-order chi connectivity index (χ1) is 14.0. The van der Waals surface area contributed by atoms with Crippen molar-refractivity contribution < 1.29 is 19.7 Å². The van der Waals surface area contributed by atoms with Gasteiger partial charge >= 0.3 is 5.97 Å². The normalized spacial score (nSPS) is 18.0. The number of para-hydroxylation sites is 1. The first-order valence-corrected chi connectivity index (χ1v) is 9.76. The summed E-state index contributed by atoms with van der Waals surface area (Å²) in [5.41, 5.74) is 2.14. The van der Waals surface area contributed by atoms with E-state index in [4.69, 9.17) is 16.3 Å². The Morgan fingerprint density at radius 2 is 2.00 bits per heavy atom. The largest absolute Gasteiger partial charge is 0.508 e. The molecule has 0 bridgehead atoms. The van der Waals surface area contributed by atoms with Gasteiger partial charge in [-0.1, -0.05) is 36.7 Å². The van der Waals surface area contributed by atoms with Crippen molar-refractivity contribution in [3.05, 3.63) is 70.3 Å². The van der Waals surface area contributed by atoms with Crippen molar-refractivity contribution >= 4 is 17.6 Å². The van der Waals surface area contributed by atoms with Crippen molar-refractivity contribution in [3.8, 4) is 11.4 Å². The van der Waals surface area contributed by atoms with Gasteiger partial charge in [-0.25, -0.2) is 0 Å². The molecule has 0 radical (unpaired) electrons. The van der Waals surface area contributed by atoms with E-state index in [9.17, 15) is 15.0 Å². The molecule has 8 heteroatoms. The molecule has 150 valence electrons. The zero-order valence-electron chi connectivity index (χ0n) is 15.7.